The fraction of sp³-hybridized carbons (Fsp3) is 0.846. The van der Waals surface area contributed by atoms with Crippen molar-refractivity contribution < 1.29 is 4.79 Å². The second-order valence-corrected chi connectivity index (χ2v) is 5.35. The van der Waals surface area contributed by atoms with Crippen LogP contribution < -0.4 is 11.1 Å². The Kier molecular flexibility index (Phi) is 8.13. The van der Waals surface area contributed by atoms with Crippen LogP contribution in [0.25, 0.3) is 0 Å². The highest BCUT2D eigenvalue weighted by atomic mass is 32.1. The van der Waals surface area contributed by atoms with Crippen molar-refractivity contribution in [1.82, 2.24) is 5.32 Å². The molecule has 0 aliphatic carbocycles. The number of amides is 1. The largest absolute Gasteiger partial charge is 0.392 e. The highest BCUT2D eigenvalue weighted by Crippen LogP contribution is 2.14. The number of thiocarbonyl (C=S) groups is 1. The van der Waals surface area contributed by atoms with Crippen LogP contribution in [-0.4, -0.2) is 16.9 Å². The second kappa shape index (κ2) is 8.45. The van der Waals surface area contributed by atoms with Crippen molar-refractivity contribution in [2.24, 2.45) is 17.6 Å². The molecule has 0 heterocycles. The first kappa shape index (κ1) is 16.4. The van der Waals surface area contributed by atoms with Crippen LogP contribution in [0.4, 0.5) is 0 Å². The molecule has 17 heavy (non-hydrogen) atoms. The molecular weight excluding hydrogens is 232 g/mol. The fourth-order valence-electron chi connectivity index (χ4n) is 1.81. The minimum absolute atomic E-state index is 0.0885. The summed E-state index contributed by atoms with van der Waals surface area (Å²) in [5.41, 5.74) is 5.64. The standard InChI is InChI=1S/C13H26N2OS/c1-5-7-8-10(6-2)13(16)15-11(9(3)4)12(14)17/h9-11H,5-8H2,1-4H3,(H2,14,17)(H,15,16). The van der Waals surface area contributed by atoms with E-state index in [4.69, 9.17) is 18.0 Å². The summed E-state index contributed by atoms with van der Waals surface area (Å²) >= 11 is 4.98. The number of carbonyl (C=O) groups excluding carboxylic acids is 1. The summed E-state index contributed by atoms with van der Waals surface area (Å²) in [6.45, 7) is 8.20. The summed E-state index contributed by atoms with van der Waals surface area (Å²) in [6, 6.07) is -0.187. The molecular formula is C13H26N2OS. The Hall–Kier alpha value is -0.640. The zero-order valence-corrected chi connectivity index (χ0v) is 12.3. The van der Waals surface area contributed by atoms with Crippen LogP contribution in [0.5, 0.6) is 0 Å². The van der Waals surface area contributed by atoms with Crippen LogP contribution in [-0.2, 0) is 4.79 Å². The first-order valence-corrected chi connectivity index (χ1v) is 6.94. The van der Waals surface area contributed by atoms with Gasteiger partial charge in [-0.3, -0.25) is 4.79 Å². The SMILES string of the molecule is CCCCC(CC)C(=O)NC(C(N)=S)C(C)C. The molecule has 0 aromatic heterocycles. The van der Waals surface area contributed by atoms with E-state index in [1.807, 2.05) is 20.8 Å². The number of carbonyl (C=O) groups is 1. The molecule has 0 rings (SSSR count). The van der Waals surface area contributed by atoms with Crippen molar-refractivity contribution in [2.45, 2.75) is 59.4 Å². The normalized spacial score (nSPS) is 14.4. The molecule has 2 atom stereocenters. The molecule has 0 bridgehead atoms. The zero-order valence-electron chi connectivity index (χ0n) is 11.5. The Labute approximate surface area is 111 Å². The van der Waals surface area contributed by atoms with Crippen LogP contribution in [0.15, 0.2) is 0 Å². The summed E-state index contributed by atoms with van der Waals surface area (Å²) < 4.78 is 0. The highest BCUT2D eigenvalue weighted by molar-refractivity contribution is 7.80. The number of nitrogens with one attached hydrogen (secondary N) is 1. The van der Waals surface area contributed by atoms with Crippen LogP contribution in [0.2, 0.25) is 0 Å². The summed E-state index contributed by atoms with van der Waals surface area (Å²) in [4.78, 5) is 12.4. The molecule has 3 nitrogen and oxygen atoms in total. The molecule has 100 valence electrons. The van der Waals surface area contributed by atoms with Crippen molar-refractivity contribution in [1.29, 1.82) is 0 Å². The van der Waals surface area contributed by atoms with Crippen LogP contribution in [0, 0.1) is 11.8 Å². The maximum atomic E-state index is 12.1. The number of hydrogen-bond donors (Lipinski definition) is 2. The van der Waals surface area contributed by atoms with Gasteiger partial charge in [0, 0.05) is 5.92 Å². The Balaban J connectivity index is 4.41. The number of unbranched alkanes of at least 4 members (excludes halogenated alkanes) is 1. The van der Waals surface area contributed by atoms with Gasteiger partial charge in [-0.1, -0.05) is 52.8 Å². The quantitative estimate of drug-likeness (QED) is 0.658. The molecule has 0 aromatic rings. The van der Waals surface area contributed by atoms with Crippen molar-refractivity contribution in [3.63, 3.8) is 0 Å². The van der Waals surface area contributed by atoms with E-state index in [-0.39, 0.29) is 23.8 Å². The van der Waals surface area contributed by atoms with Crippen molar-refractivity contribution in [3.05, 3.63) is 0 Å². The van der Waals surface area contributed by atoms with Gasteiger partial charge in [-0.05, 0) is 18.8 Å². The van der Waals surface area contributed by atoms with Crippen LogP contribution in [0.3, 0.4) is 0 Å². The third kappa shape index (κ3) is 6.01. The smallest absolute Gasteiger partial charge is 0.223 e. The molecule has 4 heteroatoms. The van der Waals surface area contributed by atoms with E-state index in [0.29, 0.717) is 4.99 Å². The zero-order chi connectivity index (χ0) is 13.4. The fourth-order valence-corrected chi connectivity index (χ4v) is 2.14. The van der Waals surface area contributed by atoms with E-state index in [9.17, 15) is 4.79 Å². The van der Waals surface area contributed by atoms with Gasteiger partial charge in [0.05, 0.1) is 11.0 Å². The molecule has 0 aliphatic rings. The lowest BCUT2D eigenvalue weighted by Gasteiger charge is -2.24. The Morgan fingerprint density at radius 2 is 1.94 bits per heavy atom. The molecule has 0 saturated heterocycles. The van der Waals surface area contributed by atoms with Gasteiger partial charge >= 0.3 is 0 Å². The van der Waals surface area contributed by atoms with Gasteiger partial charge in [-0.25, -0.2) is 0 Å². The number of nitrogens with two attached hydrogens (primary N) is 1. The summed E-state index contributed by atoms with van der Waals surface area (Å²) in [5.74, 6) is 0.415. The van der Waals surface area contributed by atoms with Gasteiger partial charge in [0.15, 0.2) is 0 Å². The van der Waals surface area contributed by atoms with Crippen molar-refractivity contribution >= 4 is 23.1 Å². The van der Waals surface area contributed by atoms with Gasteiger partial charge in [0.2, 0.25) is 5.91 Å². The molecule has 2 unspecified atom stereocenters. The maximum absolute atomic E-state index is 12.1. The molecule has 0 spiro atoms. The summed E-state index contributed by atoms with van der Waals surface area (Å²) in [7, 11) is 0. The van der Waals surface area contributed by atoms with Gasteiger partial charge in [-0.2, -0.15) is 0 Å². The number of rotatable bonds is 8. The van der Waals surface area contributed by atoms with Gasteiger partial charge < -0.3 is 11.1 Å². The van der Waals surface area contributed by atoms with E-state index in [2.05, 4.69) is 12.2 Å². The third-order valence-electron chi connectivity index (χ3n) is 3.04. The van der Waals surface area contributed by atoms with Gasteiger partial charge in [-0.15, -0.1) is 0 Å². The average Bonchev–Trinajstić information content (AvgIpc) is 2.26. The predicted octanol–water partition coefficient (Wildman–Crippen LogP) is 2.63. The van der Waals surface area contributed by atoms with Gasteiger partial charge in [0.1, 0.15) is 0 Å². The topological polar surface area (TPSA) is 55.1 Å². The lowest BCUT2D eigenvalue weighted by molar-refractivity contribution is -0.125. The average molecular weight is 258 g/mol. The lowest BCUT2D eigenvalue weighted by Crippen LogP contribution is -2.48. The monoisotopic (exact) mass is 258 g/mol. The first-order chi connectivity index (χ1) is 7.93. The molecule has 0 fully saturated rings. The molecule has 0 radical (unpaired) electrons. The van der Waals surface area contributed by atoms with Crippen molar-refractivity contribution in [2.75, 3.05) is 0 Å². The Morgan fingerprint density at radius 1 is 1.35 bits per heavy atom. The van der Waals surface area contributed by atoms with E-state index in [0.717, 1.165) is 25.7 Å². The minimum Gasteiger partial charge on any atom is -0.392 e. The molecule has 3 N–H and O–H groups in total. The molecule has 1 amide bonds. The van der Waals surface area contributed by atoms with E-state index in [1.54, 1.807) is 0 Å². The molecule has 0 aliphatic heterocycles. The summed E-state index contributed by atoms with van der Waals surface area (Å²) in [6.07, 6.45) is 4.02. The predicted molar refractivity (Wildman–Crippen MR) is 76.9 cm³/mol. The van der Waals surface area contributed by atoms with Crippen LogP contribution >= 0.6 is 12.2 Å². The Morgan fingerprint density at radius 3 is 2.29 bits per heavy atom. The minimum atomic E-state index is -0.187. The molecule has 0 aromatic carbocycles. The van der Waals surface area contributed by atoms with Gasteiger partial charge in [0.25, 0.3) is 0 Å². The maximum Gasteiger partial charge on any atom is 0.223 e. The van der Waals surface area contributed by atoms with Crippen LogP contribution in [0.1, 0.15) is 53.4 Å². The van der Waals surface area contributed by atoms with E-state index in [1.165, 1.54) is 0 Å². The Bertz CT molecular complexity index is 254. The van der Waals surface area contributed by atoms with Crippen molar-refractivity contribution in [3.8, 4) is 0 Å². The highest BCUT2D eigenvalue weighted by Gasteiger charge is 2.23. The number of hydrogen-bond acceptors (Lipinski definition) is 2. The summed E-state index contributed by atoms with van der Waals surface area (Å²) in [5, 5.41) is 2.97. The lowest BCUT2D eigenvalue weighted by atomic mass is 9.96. The third-order valence-corrected chi connectivity index (χ3v) is 3.29. The first-order valence-electron chi connectivity index (χ1n) is 6.53. The van der Waals surface area contributed by atoms with E-state index >= 15 is 0 Å². The molecule has 0 saturated carbocycles. The second-order valence-electron chi connectivity index (χ2n) is 4.88. The van der Waals surface area contributed by atoms with E-state index < -0.39 is 0 Å².